The van der Waals surface area contributed by atoms with Crippen LogP contribution in [-0.4, -0.2) is 35.4 Å². The molecule has 1 aliphatic heterocycles. The lowest BCUT2D eigenvalue weighted by Crippen LogP contribution is -2.37. The molecule has 104 valence electrons. The van der Waals surface area contributed by atoms with Crippen molar-refractivity contribution in [3.05, 3.63) is 23.9 Å². The molecule has 2 rings (SSSR count). The molecule has 0 radical (unpaired) electrons. The van der Waals surface area contributed by atoms with Gasteiger partial charge in [0.15, 0.2) is 0 Å². The second kappa shape index (κ2) is 6.55. The molecule has 19 heavy (non-hydrogen) atoms. The van der Waals surface area contributed by atoms with Crippen molar-refractivity contribution >= 4 is 11.7 Å². The Kier molecular flexibility index (Phi) is 4.77. The quantitative estimate of drug-likeness (QED) is 0.906. The molecule has 0 unspecified atom stereocenters. The molecule has 4 nitrogen and oxygen atoms in total. The van der Waals surface area contributed by atoms with Crippen LogP contribution in [0.3, 0.4) is 0 Å². The summed E-state index contributed by atoms with van der Waals surface area (Å²) >= 11 is 0. The molecule has 1 saturated heterocycles. The van der Waals surface area contributed by atoms with Crippen LogP contribution >= 0.6 is 0 Å². The van der Waals surface area contributed by atoms with E-state index >= 15 is 0 Å². The maximum Gasteiger partial charge on any atom is 0.255 e. The number of nitrogens with zero attached hydrogens (tertiary/aromatic N) is 2. The van der Waals surface area contributed by atoms with E-state index in [0.29, 0.717) is 5.56 Å². The van der Waals surface area contributed by atoms with E-state index in [1.165, 1.54) is 0 Å². The van der Waals surface area contributed by atoms with Crippen LogP contribution in [-0.2, 0) is 0 Å². The number of carbonyl (C=O) groups excluding carboxylic acids is 1. The van der Waals surface area contributed by atoms with Crippen LogP contribution in [0.5, 0.6) is 0 Å². The molecule has 1 aliphatic rings. The zero-order valence-corrected chi connectivity index (χ0v) is 11.9. The maximum absolute atomic E-state index is 12.3. The smallest absolute Gasteiger partial charge is 0.255 e. The fourth-order valence-electron chi connectivity index (χ4n) is 2.27. The number of rotatable bonds is 4. The largest absolute Gasteiger partial charge is 0.370 e. The minimum absolute atomic E-state index is 0.112. The number of likely N-dealkylation sites (tertiary alicyclic amines) is 1. The molecule has 2 heterocycles. The number of pyridine rings is 1. The molecule has 0 aliphatic carbocycles. The summed E-state index contributed by atoms with van der Waals surface area (Å²) in [5.74, 6) is 1.69. The Morgan fingerprint density at radius 1 is 1.42 bits per heavy atom. The Hall–Kier alpha value is -1.58. The van der Waals surface area contributed by atoms with Gasteiger partial charge in [0, 0.05) is 25.8 Å². The normalized spacial score (nSPS) is 16.4. The zero-order valence-electron chi connectivity index (χ0n) is 11.9. The second-order valence-electron chi connectivity index (χ2n) is 5.33. The van der Waals surface area contributed by atoms with E-state index in [4.69, 9.17) is 0 Å². The average molecular weight is 261 g/mol. The second-order valence-corrected chi connectivity index (χ2v) is 5.33. The number of hydrogen-bond donors (Lipinski definition) is 1. The van der Waals surface area contributed by atoms with Crippen LogP contribution < -0.4 is 5.32 Å². The SMILES string of the molecule is CCCNc1ccc(C(=O)N2CCC(C)CC2)cn1. The number of anilines is 1. The molecule has 0 aromatic carbocycles. The standard InChI is InChI=1S/C15H23N3O/c1-3-8-16-14-5-4-13(11-17-14)15(19)18-9-6-12(2)7-10-18/h4-5,11-12H,3,6-10H2,1-2H3,(H,16,17). The van der Waals surface area contributed by atoms with Crippen molar-refractivity contribution in [2.75, 3.05) is 25.0 Å². The first kappa shape index (κ1) is 13.8. The van der Waals surface area contributed by atoms with Crippen LogP contribution in [0.2, 0.25) is 0 Å². The molecule has 0 saturated carbocycles. The van der Waals surface area contributed by atoms with E-state index < -0.39 is 0 Å². The monoisotopic (exact) mass is 261 g/mol. The van der Waals surface area contributed by atoms with Crippen LogP contribution in [0.4, 0.5) is 5.82 Å². The van der Waals surface area contributed by atoms with Crippen molar-refractivity contribution in [2.24, 2.45) is 5.92 Å². The molecule has 1 aromatic rings. The fraction of sp³-hybridized carbons (Fsp3) is 0.600. The summed E-state index contributed by atoms with van der Waals surface area (Å²) in [7, 11) is 0. The highest BCUT2D eigenvalue weighted by molar-refractivity contribution is 5.94. The van der Waals surface area contributed by atoms with E-state index in [0.717, 1.165) is 50.6 Å². The van der Waals surface area contributed by atoms with Gasteiger partial charge in [-0.25, -0.2) is 4.98 Å². The van der Waals surface area contributed by atoms with Gasteiger partial charge < -0.3 is 10.2 Å². The third kappa shape index (κ3) is 3.69. The van der Waals surface area contributed by atoms with Gasteiger partial charge in [-0.05, 0) is 37.3 Å². The third-order valence-corrected chi connectivity index (χ3v) is 3.64. The van der Waals surface area contributed by atoms with Crippen LogP contribution in [0.25, 0.3) is 0 Å². The summed E-state index contributed by atoms with van der Waals surface area (Å²) in [4.78, 5) is 18.5. The van der Waals surface area contributed by atoms with Gasteiger partial charge in [-0.2, -0.15) is 0 Å². The van der Waals surface area contributed by atoms with E-state index in [9.17, 15) is 4.79 Å². The van der Waals surface area contributed by atoms with Gasteiger partial charge in [0.1, 0.15) is 5.82 Å². The molecule has 0 bridgehead atoms. The number of amides is 1. The van der Waals surface area contributed by atoms with E-state index in [1.807, 2.05) is 17.0 Å². The maximum atomic E-state index is 12.3. The van der Waals surface area contributed by atoms with Crippen molar-refractivity contribution in [3.8, 4) is 0 Å². The van der Waals surface area contributed by atoms with Crippen LogP contribution in [0.15, 0.2) is 18.3 Å². The van der Waals surface area contributed by atoms with Gasteiger partial charge in [-0.15, -0.1) is 0 Å². The van der Waals surface area contributed by atoms with Crippen molar-refractivity contribution in [2.45, 2.75) is 33.1 Å². The molecule has 0 spiro atoms. The summed E-state index contributed by atoms with van der Waals surface area (Å²) in [6, 6.07) is 3.75. The molecule has 1 aromatic heterocycles. The lowest BCUT2D eigenvalue weighted by atomic mass is 9.99. The van der Waals surface area contributed by atoms with Crippen LogP contribution in [0, 0.1) is 5.92 Å². The highest BCUT2D eigenvalue weighted by atomic mass is 16.2. The lowest BCUT2D eigenvalue weighted by molar-refractivity contribution is 0.0697. The van der Waals surface area contributed by atoms with Crippen molar-refractivity contribution < 1.29 is 4.79 Å². The first-order chi connectivity index (χ1) is 9.20. The minimum atomic E-state index is 0.112. The van der Waals surface area contributed by atoms with Gasteiger partial charge in [0.25, 0.3) is 5.91 Å². The van der Waals surface area contributed by atoms with E-state index in [-0.39, 0.29) is 5.91 Å². The summed E-state index contributed by atoms with van der Waals surface area (Å²) in [6.07, 6.45) is 4.96. The Balaban J connectivity index is 1.95. The molecular weight excluding hydrogens is 238 g/mol. The molecule has 1 fully saturated rings. The Morgan fingerprint density at radius 2 is 2.16 bits per heavy atom. The molecule has 4 heteroatoms. The van der Waals surface area contributed by atoms with E-state index in [2.05, 4.69) is 24.1 Å². The topological polar surface area (TPSA) is 45.2 Å². The Labute approximate surface area is 115 Å². The summed E-state index contributed by atoms with van der Waals surface area (Å²) in [5, 5.41) is 3.21. The Morgan fingerprint density at radius 3 is 2.74 bits per heavy atom. The van der Waals surface area contributed by atoms with Gasteiger partial charge in [0.2, 0.25) is 0 Å². The van der Waals surface area contributed by atoms with Gasteiger partial charge in [-0.1, -0.05) is 13.8 Å². The highest BCUT2D eigenvalue weighted by Crippen LogP contribution is 2.18. The van der Waals surface area contributed by atoms with E-state index in [1.54, 1.807) is 6.20 Å². The highest BCUT2D eigenvalue weighted by Gasteiger charge is 2.21. The first-order valence-corrected chi connectivity index (χ1v) is 7.20. The number of aromatic nitrogens is 1. The van der Waals surface area contributed by atoms with Gasteiger partial charge in [-0.3, -0.25) is 4.79 Å². The van der Waals surface area contributed by atoms with Gasteiger partial charge >= 0.3 is 0 Å². The summed E-state index contributed by atoms with van der Waals surface area (Å²) in [5.41, 5.74) is 0.691. The van der Waals surface area contributed by atoms with Crippen LogP contribution in [0.1, 0.15) is 43.5 Å². The molecular formula is C15H23N3O. The number of hydrogen-bond acceptors (Lipinski definition) is 3. The number of piperidine rings is 1. The van der Waals surface area contributed by atoms with Gasteiger partial charge in [0.05, 0.1) is 5.56 Å². The first-order valence-electron chi connectivity index (χ1n) is 7.20. The van der Waals surface area contributed by atoms with Crippen molar-refractivity contribution in [3.63, 3.8) is 0 Å². The van der Waals surface area contributed by atoms with Crippen molar-refractivity contribution in [1.82, 2.24) is 9.88 Å². The summed E-state index contributed by atoms with van der Waals surface area (Å²) in [6.45, 7) is 7.01. The van der Waals surface area contributed by atoms with Crippen molar-refractivity contribution in [1.29, 1.82) is 0 Å². The molecule has 1 N–H and O–H groups in total. The zero-order chi connectivity index (χ0) is 13.7. The summed E-state index contributed by atoms with van der Waals surface area (Å²) < 4.78 is 0. The average Bonchev–Trinajstić information content (AvgIpc) is 2.46. The fourth-order valence-corrected chi connectivity index (χ4v) is 2.27. The number of carbonyl (C=O) groups is 1. The molecule has 0 atom stereocenters. The lowest BCUT2D eigenvalue weighted by Gasteiger charge is -2.30. The minimum Gasteiger partial charge on any atom is -0.370 e. The predicted octanol–water partition coefficient (Wildman–Crippen LogP) is 2.78. The molecule has 1 amide bonds. The number of nitrogens with one attached hydrogen (secondary N) is 1. The Bertz CT molecular complexity index is 408. The predicted molar refractivity (Wildman–Crippen MR) is 77.3 cm³/mol. The third-order valence-electron chi connectivity index (χ3n) is 3.64.